The molecule has 0 unspecified atom stereocenters. The maximum Gasteiger partial charge on any atom is 0.229 e. The van der Waals surface area contributed by atoms with Crippen LogP contribution in [0.4, 0.5) is 5.95 Å². The summed E-state index contributed by atoms with van der Waals surface area (Å²) in [7, 11) is 0. The molecule has 1 fully saturated rings. The predicted octanol–water partition coefficient (Wildman–Crippen LogP) is 0.438. The van der Waals surface area contributed by atoms with E-state index in [9.17, 15) is 9.90 Å². The fourth-order valence-electron chi connectivity index (χ4n) is 1.95. The van der Waals surface area contributed by atoms with E-state index in [4.69, 9.17) is 0 Å². The Labute approximate surface area is 87.1 Å². The number of aliphatic hydroxyl groups is 1. The van der Waals surface area contributed by atoms with Crippen molar-refractivity contribution in [2.24, 2.45) is 0 Å². The van der Waals surface area contributed by atoms with E-state index in [-0.39, 0.29) is 12.3 Å². The first-order valence-electron chi connectivity index (χ1n) is 5.06. The number of anilines is 1. The number of aromatic amines is 1. The molecule has 15 heavy (non-hydrogen) atoms. The van der Waals surface area contributed by atoms with Crippen LogP contribution in [0.5, 0.6) is 0 Å². The van der Waals surface area contributed by atoms with Crippen molar-refractivity contribution in [1.82, 2.24) is 15.2 Å². The van der Waals surface area contributed by atoms with Crippen LogP contribution in [-0.4, -0.2) is 31.8 Å². The number of amides is 1. The molecule has 6 heteroatoms. The average molecular weight is 210 g/mol. The molecule has 0 aliphatic heterocycles. The zero-order chi connectivity index (χ0) is 10.7. The van der Waals surface area contributed by atoms with E-state index in [0.717, 1.165) is 12.8 Å². The van der Waals surface area contributed by atoms with Crippen LogP contribution in [0.2, 0.25) is 0 Å². The van der Waals surface area contributed by atoms with Crippen molar-refractivity contribution in [1.29, 1.82) is 0 Å². The number of aromatic nitrogens is 3. The Balaban J connectivity index is 1.87. The Morgan fingerprint density at radius 3 is 2.93 bits per heavy atom. The van der Waals surface area contributed by atoms with Crippen LogP contribution in [0.25, 0.3) is 0 Å². The van der Waals surface area contributed by atoms with Crippen molar-refractivity contribution in [3.8, 4) is 0 Å². The maximum absolute atomic E-state index is 11.5. The van der Waals surface area contributed by atoms with Gasteiger partial charge < -0.3 is 5.11 Å². The van der Waals surface area contributed by atoms with Gasteiger partial charge in [-0.2, -0.15) is 10.1 Å². The standard InChI is InChI=1S/C9H14N4O2/c14-7(12-8-10-6-11-13-8)5-9(15)3-1-2-4-9/h6,15H,1-5H2,(H2,10,11,12,13,14). The molecule has 0 radical (unpaired) electrons. The van der Waals surface area contributed by atoms with Crippen molar-refractivity contribution in [2.45, 2.75) is 37.7 Å². The number of hydrogen-bond acceptors (Lipinski definition) is 4. The van der Waals surface area contributed by atoms with E-state index in [0.29, 0.717) is 18.8 Å². The highest BCUT2D eigenvalue weighted by Gasteiger charge is 2.33. The number of H-pyrrole nitrogens is 1. The highest BCUT2D eigenvalue weighted by Crippen LogP contribution is 2.32. The molecule has 1 aliphatic rings. The van der Waals surface area contributed by atoms with Crippen LogP contribution in [0, 0.1) is 0 Å². The smallest absolute Gasteiger partial charge is 0.229 e. The second kappa shape index (κ2) is 3.98. The number of hydrogen-bond donors (Lipinski definition) is 3. The molecule has 0 spiro atoms. The molecule has 0 aromatic carbocycles. The lowest BCUT2D eigenvalue weighted by atomic mass is 9.98. The van der Waals surface area contributed by atoms with Gasteiger partial charge in [0.15, 0.2) is 0 Å². The van der Waals surface area contributed by atoms with Gasteiger partial charge in [0, 0.05) is 0 Å². The number of rotatable bonds is 3. The highest BCUT2D eigenvalue weighted by molar-refractivity contribution is 5.89. The molecule has 1 amide bonds. The molecule has 1 saturated carbocycles. The Bertz CT molecular complexity index is 330. The van der Waals surface area contributed by atoms with E-state index in [1.54, 1.807) is 0 Å². The first kappa shape index (κ1) is 10.1. The largest absolute Gasteiger partial charge is 0.389 e. The third kappa shape index (κ3) is 2.53. The SMILES string of the molecule is O=C(CC1(O)CCCC1)Nc1ncn[nH]1. The summed E-state index contributed by atoms with van der Waals surface area (Å²) in [5, 5.41) is 18.7. The molecule has 0 atom stereocenters. The summed E-state index contributed by atoms with van der Waals surface area (Å²) >= 11 is 0. The zero-order valence-electron chi connectivity index (χ0n) is 8.36. The number of carbonyl (C=O) groups excluding carboxylic acids is 1. The first-order chi connectivity index (χ1) is 7.18. The van der Waals surface area contributed by atoms with Crippen molar-refractivity contribution in [3.05, 3.63) is 6.33 Å². The summed E-state index contributed by atoms with van der Waals surface area (Å²) in [6, 6.07) is 0. The molecular formula is C9H14N4O2. The van der Waals surface area contributed by atoms with Crippen LogP contribution in [0.15, 0.2) is 6.33 Å². The second-order valence-electron chi connectivity index (χ2n) is 3.99. The monoisotopic (exact) mass is 210 g/mol. The predicted molar refractivity (Wildman–Crippen MR) is 53.0 cm³/mol. The van der Waals surface area contributed by atoms with Crippen LogP contribution < -0.4 is 5.32 Å². The fourth-order valence-corrected chi connectivity index (χ4v) is 1.95. The van der Waals surface area contributed by atoms with Gasteiger partial charge in [0.1, 0.15) is 6.33 Å². The molecule has 1 aromatic heterocycles. The molecule has 6 nitrogen and oxygen atoms in total. The number of nitrogens with zero attached hydrogens (tertiary/aromatic N) is 2. The van der Waals surface area contributed by atoms with Gasteiger partial charge in [-0.05, 0) is 12.8 Å². The van der Waals surface area contributed by atoms with Crippen molar-refractivity contribution < 1.29 is 9.90 Å². The van der Waals surface area contributed by atoms with Gasteiger partial charge in [0.05, 0.1) is 12.0 Å². The summed E-state index contributed by atoms with van der Waals surface area (Å²) in [5.41, 5.74) is -0.815. The average Bonchev–Trinajstić information content (AvgIpc) is 2.76. The Morgan fingerprint density at radius 2 is 2.33 bits per heavy atom. The van der Waals surface area contributed by atoms with Crippen LogP contribution >= 0.6 is 0 Å². The summed E-state index contributed by atoms with van der Waals surface area (Å²) in [6.45, 7) is 0. The van der Waals surface area contributed by atoms with E-state index in [1.165, 1.54) is 6.33 Å². The van der Waals surface area contributed by atoms with Crippen LogP contribution in [0.3, 0.4) is 0 Å². The molecule has 82 valence electrons. The van der Waals surface area contributed by atoms with Crippen LogP contribution in [0.1, 0.15) is 32.1 Å². The minimum absolute atomic E-state index is 0.133. The third-order valence-electron chi connectivity index (χ3n) is 2.70. The molecule has 1 heterocycles. The summed E-state index contributed by atoms with van der Waals surface area (Å²) < 4.78 is 0. The van der Waals surface area contributed by atoms with Gasteiger partial charge in [-0.1, -0.05) is 12.8 Å². The molecular weight excluding hydrogens is 196 g/mol. The highest BCUT2D eigenvalue weighted by atomic mass is 16.3. The topological polar surface area (TPSA) is 90.9 Å². The molecule has 2 rings (SSSR count). The quantitative estimate of drug-likeness (QED) is 0.675. The van der Waals surface area contributed by atoms with Gasteiger partial charge >= 0.3 is 0 Å². The van der Waals surface area contributed by atoms with E-state index >= 15 is 0 Å². The minimum Gasteiger partial charge on any atom is -0.389 e. The van der Waals surface area contributed by atoms with Crippen molar-refractivity contribution >= 4 is 11.9 Å². The lowest BCUT2D eigenvalue weighted by Crippen LogP contribution is -2.30. The fraction of sp³-hybridized carbons (Fsp3) is 0.667. The minimum atomic E-state index is -0.815. The van der Waals surface area contributed by atoms with E-state index in [2.05, 4.69) is 20.5 Å². The van der Waals surface area contributed by atoms with Gasteiger partial charge in [0.2, 0.25) is 11.9 Å². The van der Waals surface area contributed by atoms with Gasteiger partial charge in [-0.15, -0.1) is 0 Å². The third-order valence-corrected chi connectivity index (χ3v) is 2.70. The summed E-state index contributed by atoms with van der Waals surface area (Å²) in [4.78, 5) is 15.3. The van der Waals surface area contributed by atoms with Crippen molar-refractivity contribution in [3.63, 3.8) is 0 Å². The Hall–Kier alpha value is -1.43. The molecule has 0 saturated heterocycles. The first-order valence-corrected chi connectivity index (χ1v) is 5.06. The normalized spacial score (nSPS) is 19.0. The second-order valence-corrected chi connectivity index (χ2v) is 3.99. The zero-order valence-corrected chi connectivity index (χ0v) is 8.36. The van der Waals surface area contributed by atoms with Gasteiger partial charge in [-0.3, -0.25) is 10.1 Å². The Kier molecular flexibility index (Phi) is 2.68. The molecule has 1 aromatic rings. The lowest BCUT2D eigenvalue weighted by Gasteiger charge is -2.20. The van der Waals surface area contributed by atoms with E-state index < -0.39 is 5.60 Å². The molecule has 3 N–H and O–H groups in total. The lowest BCUT2D eigenvalue weighted by molar-refractivity contribution is -0.120. The van der Waals surface area contributed by atoms with Crippen LogP contribution in [-0.2, 0) is 4.79 Å². The molecule has 1 aliphatic carbocycles. The van der Waals surface area contributed by atoms with Gasteiger partial charge in [-0.25, -0.2) is 5.10 Å². The molecule has 0 bridgehead atoms. The van der Waals surface area contributed by atoms with Gasteiger partial charge in [0.25, 0.3) is 0 Å². The summed E-state index contributed by atoms with van der Waals surface area (Å²) in [5.74, 6) is 0.0951. The maximum atomic E-state index is 11.5. The Morgan fingerprint density at radius 1 is 1.60 bits per heavy atom. The van der Waals surface area contributed by atoms with Crippen molar-refractivity contribution in [2.75, 3.05) is 5.32 Å². The summed E-state index contributed by atoms with van der Waals surface area (Å²) in [6.07, 6.45) is 4.85. The van der Waals surface area contributed by atoms with E-state index in [1.807, 2.05) is 0 Å². The number of carbonyl (C=O) groups is 1. The number of nitrogens with one attached hydrogen (secondary N) is 2.